The van der Waals surface area contributed by atoms with E-state index in [4.69, 9.17) is 14.0 Å². The monoisotopic (exact) mass is 456 g/mol. The molecule has 182 valence electrons. The van der Waals surface area contributed by atoms with Gasteiger partial charge in [-0.2, -0.15) is 0 Å². The zero-order chi connectivity index (χ0) is 24.5. The van der Waals surface area contributed by atoms with E-state index >= 15 is 0 Å². The number of hydrogen-bond acceptors (Lipinski definition) is 6. The number of rotatable bonds is 7. The number of carbonyl (C=O) groups excluding carboxylic acids is 1. The molecule has 2 aliphatic heterocycles. The van der Waals surface area contributed by atoms with E-state index in [9.17, 15) is 24.6 Å². The van der Waals surface area contributed by atoms with E-state index in [1.165, 1.54) is 0 Å². The van der Waals surface area contributed by atoms with Crippen LogP contribution in [0.25, 0.3) is 0 Å². The molecule has 2 saturated heterocycles. The van der Waals surface area contributed by atoms with Crippen molar-refractivity contribution in [2.45, 2.75) is 103 Å². The van der Waals surface area contributed by atoms with Crippen LogP contribution in [0.1, 0.15) is 67.7 Å². The maximum absolute atomic E-state index is 12.0. The van der Waals surface area contributed by atoms with Crippen LogP contribution in [0.3, 0.4) is 0 Å². The van der Waals surface area contributed by atoms with Crippen molar-refractivity contribution in [2.24, 2.45) is 5.92 Å². The molecule has 0 aromatic heterocycles. The van der Waals surface area contributed by atoms with Gasteiger partial charge in [-0.15, -0.1) is 0 Å². The van der Waals surface area contributed by atoms with E-state index in [0.717, 1.165) is 4.90 Å². The molecular formula is C21H37BN2O8. The number of aliphatic carboxylic acids is 1. The van der Waals surface area contributed by atoms with E-state index in [0.29, 0.717) is 25.6 Å². The fourth-order valence-corrected chi connectivity index (χ4v) is 4.24. The second-order valence-corrected chi connectivity index (χ2v) is 10.6. The fraction of sp³-hybridized carbons (Fsp3) is 0.857. The minimum atomic E-state index is -1.32. The number of carboxylic acids is 1. The van der Waals surface area contributed by atoms with Crippen molar-refractivity contribution >= 4 is 25.3 Å². The number of nitrogens with zero attached hydrogens (tertiary/aromatic N) is 1. The summed E-state index contributed by atoms with van der Waals surface area (Å²) in [4.78, 5) is 36.7. The Bertz CT molecular complexity index is 705. The number of amides is 2. The molecule has 0 aliphatic carbocycles. The predicted molar refractivity (Wildman–Crippen MR) is 118 cm³/mol. The Kier molecular flexibility index (Phi) is 7.76. The number of nitrogens with one attached hydrogen (secondary N) is 1. The van der Waals surface area contributed by atoms with Gasteiger partial charge in [0.15, 0.2) is 0 Å². The van der Waals surface area contributed by atoms with Gasteiger partial charge in [0.25, 0.3) is 0 Å². The van der Waals surface area contributed by atoms with Gasteiger partial charge in [0.05, 0.1) is 17.2 Å². The Morgan fingerprint density at radius 3 is 2.16 bits per heavy atom. The largest absolute Gasteiger partial charge is 0.480 e. The predicted octanol–water partition coefficient (Wildman–Crippen LogP) is 3.21. The summed E-state index contributed by atoms with van der Waals surface area (Å²) in [5.74, 6) is -1.57. The summed E-state index contributed by atoms with van der Waals surface area (Å²) in [5.41, 5.74) is -1.56. The van der Waals surface area contributed by atoms with Crippen LogP contribution in [-0.4, -0.2) is 75.8 Å². The minimum Gasteiger partial charge on any atom is -0.480 e. The first-order valence-corrected chi connectivity index (χ1v) is 11.1. The van der Waals surface area contributed by atoms with Gasteiger partial charge in [-0.05, 0) is 73.5 Å². The average molecular weight is 456 g/mol. The van der Waals surface area contributed by atoms with Crippen molar-refractivity contribution in [1.82, 2.24) is 10.2 Å². The Balaban J connectivity index is 1.98. The topological polar surface area (TPSA) is 135 Å². The molecule has 0 radical (unpaired) electrons. The number of hydrogen-bond donors (Lipinski definition) is 3. The molecule has 0 bridgehead atoms. The van der Waals surface area contributed by atoms with Crippen LogP contribution in [0, 0.1) is 5.92 Å². The highest BCUT2D eigenvalue weighted by Gasteiger charge is 2.51. The molecule has 0 saturated carbocycles. The molecule has 3 N–H and O–H groups in total. The van der Waals surface area contributed by atoms with Gasteiger partial charge in [0.1, 0.15) is 11.6 Å². The third-order valence-corrected chi connectivity index (χ3v) is 6.39. The van der Waals surface area contributed by atoms with Crippen LogP contribution >= 0.6 is 0 Å². The van der Waals surface area contributed by atoms with Gasteiger partial charge >= 0.3 is 25.3 Å². The smallest absolute Gasteiger partial charge is 0.457 e. The van der Waals surface area contributed by atoms with Crippen LogP contribution in [0.4, 0.5) is 9.59 Å². The van der Waals surface area contributed by atoms with E-state index in [-0.39, 0.29) is 19.6 Å². The van der Waals surface area contributed by atoms with Gasteiger partial charge < -0.3 is 29.6 Å². The SMILES string of the molecule is CC(C)(C)OC(=O)NCC1C[C@@H](CCCB2OC(C)(C)C(C)(C)O2)[C@@H](C(=O)O)N1C(=O)O. The van der Waals surface area contributed by atoms with Gasteiger partial charge in [-0.1, -0.05) is 6.42 Å². The third kappa shape index (κ3) is 6.28. The van der Waals surface area contributed by atoms with Crippen molar-refractivity contribution in [1.29, 1.82) is 0 Å². The lowest BCUT2D eigenvalue weighted by atomic mass is 9.80. The summed E-state index contributed by atoms with van der Waals surface area (Å²) >= 11 is 0. The van der Waals surface area contributed by atoms with Crippen LogP contribution in [0.2, 0.25) is 6.32 Å². The number of ether oxygens (including phenoxy) is 1. The van der Waals surface area contributed by atoms with E-state index in [1.807, 2.05) is 27.7 Å². The van der Waals surface area contributed by atoms with Crippen LogP contribution < -0.4 is 5.32 Å². The zero-order valence-corrected chi connectivity index (χ0v) is 20.1. The standard InChI is InChI=1S/C21H37BN2O8/c1-19(2,3)30-17(27)23-12-14-11-13(15(16(25)26)24(14)18(28)29)9-8-10-22-31-20(4,5)21(6,7)32-22/h13-15H,8-12H2,1-7H3,(H,23,27)(H,25,26)(H,28,29)/t13-,14?,15+/m1/s1. The van der Waals surface area contributed by atoms with Crippen LogP contribution in [0.5, 0.6) is 0 Å². The third-order valence-electron chi connectivity index (χ3n) is 6.39. The zero-order valence-electron chi connectivity index (χ0n) is 20.1. The lowest BCUT2D eigenvalue weighted by Gasteiger charge is -2.32. The van der Waals surface area contributed by atoms with Gasteiger partial charge in [-0.25, -0.2) is 14.4 Å². The molecule has 0 aromatic carbocycles. The van der Waals surface area contributed by atoms with Crippen molar-refractivity contribution in [3.8, 4) is 0 Å². The average Bonchev–Trinajstić information content (AvgIpc) is 3.05. The van der Waals surface area contributed by atoms with Gasteiger partial charge in [-0.3, -0.25) is 4.90 Å². The van der Waals surface area contributed by atoms with Crippen molar-refractivity contribution in [3.63, 3.8) is 0 Å². The molecule has 2 heterocycles. The summed E-state index contributed by atoms with van der Waals surface area (Å²) in [6, 6.07) is -1.82. The lowest BCUT2D eigenvalue weighted by Crippen LogP contribution is -2.49. The molecular weight excluding hydrogens is 419 g/mol. The van der Waals surface area contributed by atoms with E-state index in [2.05, 4.69) is 5.32 Å². The van der Waals surface area contributed by atoms with Crippen LogP contribution in [0.15, 0.2) is 0 Å². The number of alkyl carbamates (subject to hydrolysis) is 1. The molecule has 0 aromatic rings. The number of likely N-dealkylation sites (tertiary alicyclic amines) is 1. The molecule has 32 heavy (non-hydrogen) atoms. The Morgan fingerprint density at radius 1 is 1.12 bits per heavy atom. The second-order valence-electron chi connectivity index (χ2n) is 10.6. The van der Waals surface area contributed by atoms with Crippen molar-refractivity contribution in [2.75, 3.05) is 6.54 Å². The molecule has 2 fully saturated rings. The minimum absolute atomic E-state index is 0.0152. The second kappa shape index (κ2) is 9.47. The maximum atomic E-state index is 12.0. The maximum Gasteiger partial charge on any atom is 0.457 e. The van der Waals surface area contributed by atoms with E-state index < -0.39 is 47.0 Å². The summed E-state index contributed by atoms with van der Waals surface area (Å²) < 4.78 is 17.2. The Hall–Kier alpha value is -2.01. The molecule has 2 rings (SSSR count). The molecule has 3 atom stereocenters. The summed E-state index contributed by atoms with van der Waals surface area (Å²) in [6.45, 7) is 13.0. The lowest BCUT2D eigenvalue weighted by molar-refractivity contribution is -0.143. The first kappa shape index (κ1) is 26.2. The highest BCUT2D eigenvalue weighted by molar-refractivity contribution is 6.45. The van der Waals surface area contributed by atoms with Crippen molar-refractivity contribution in [3.05, 3.63) is 0 Å². The fourth-order valence-electron chi connectivity index (χ4n) is 4.24. The summed E-state index contributed by atoms with van der Waals surface area (Å²) in [6.07, 6.45) is 0.0749. The van der Waals surface area contributed by atoms with Crippen LogP contribution in [-0.2, 0) is 18.8 Å². The molecule has 0 spiro atoms. The van der Waals surface area contributed by atoms with Gasteiger partial charge in [0, 0.05) is 6.54 Å². The Morgan fingerprint density at radius 2 is 1.69 bits per heavy atom. The number of carbonyl (C=O) groups is 3. The van der Waals surface area contributed by atoms with Crippen molar-refractivity contribution < 1.29 is 38.6 Å². The Labute approximate surface area is 190 Å². The quantitative estimate of drug-likeness (QED) is 0.497. The summed E-state index contributed by atoms with van der Waals surface area (Å²) in [7, 11) is -0.384. The van der Waals surface area contributed by atoms with E-state index in [1.54, 1.807) is 20.8 Å². The molecule has 11 heteroatoms. The molecule has 2 aliphatic rings. The first-order chi connectivity index (χ1) is 14.5. The molecule has 1 unspecified atom stereocenters. The number of carboxylic acid groups (broad SMARTS) is 2. The molecule has 2 amide bonds. The highest BCUT2D eigenvalue weighted by atomic mass is 16.7. The normalized spacial score (nSPS) is 26.8. The first-order valence-electron chi connectivity index (χ1n) is 11.1. The van der Waals surface area contributed by atoms with Gasteiger partial charge in [0.2, 0.25) is 0 Å². The highest BCUT2D eigenvalue weighted by Crippen LogP contribution is 2.39. The molecule has 10 nitrogen and oxygen atoms in total. The summed E-state index contributed by atoms with van der Waals surface area (Å²) in [5, 5.41) is 22.0.